The zero-order valence-corrected chi connectivity index (χ0v) is 11.9. The van der Waals surface area contributed by atoms with Gasteiger partial charge in [0.15, 0.2) is 0 Å². The first kappa shape index (κ1) is 13.1. The van der Waals surface area contributed by atoms with E-state index in [-0.39, 0.29) is 11.4 Å². The number of hydrogen-bond donors (Lipinski definition) is 0. The van der Waals surface area contributed by atoms with E-state index >= 15 is 0 Å². The van der Waals surface area contributed by atoms with Crippen LogP contribution in [-0.4, -0.2) is 16.3 Å². The summed E-state index contributed by atoms with van der Waals surface area (Å²) in [6.45, 7) is 9.29. The van der Waals surface area contributed by atoms with E-state index in [0.717, 1.165) is 13.0 Å². The second kappa shape index (κ2) is 4.75. The standard InChI is InChI=1S/C16H23NO/c1-12(2)9-15(18)17-11-14-8-6-5-7-13(14)10-16(17,3)4/h5-8,12H,9-11H2,1-4H3. The molecule has 1 aromatic carbocycles. The van der Waals surface area contributed by atoms with Crippen molar-refractivity contribution in [3.63, 3.8) is 0 Å². The lowest BCUT2D eigenvalue weighted by Gasteiger charge is -2.43. The van der Waals surface area contributed by atoms with Gasteiger partial charge in [0.2, 0.25) is 5.91 Å². The molecule has 18 heavy (non-hydrogen) atoms. The molecule has 2 heteroatoms. The van der Waals surface area contributed by atoms with E-state index < -0.39 is 0 Å². The van der Waals surface area contributed by atoms with E-state index in [0.29, 0.717) is 12.3 Å². The molecule has 0 atom stereocenters. The molecule has 0 N–H and O–H groups in total. The van der Waals surface area contributed by atoms with Gasteiger partial charge in [-0.3, -0.25) is 4.79 Å². The molecule has 0 spiro atoms. The predicted molar refractivity (Wildman–Crippen MR) is 74.2 cm³/mol. The Labute approximate surface area is 110 Å². The van der Waals surface area contributed by atoms with Crippen molar-refractivity contribution in [3.8, 4) is 0 Å². The molecule has 1 heterocycles. The molecule has 0 fully saturated rings. The molecule has 0 radical (unpaired) electrons. The molecule has 1 aliphatic rings. The van der Waals surface area contributed by atoms with Gasteiger partial charge < -0.3 is 4.90 Å². The third kappa shape index (κ3) is 2.58. The molecule has 2 nitrogen and oxygen atoms in total. The predicted octanol–water partition coefficient (Wildman–Crippen LogP) is 3.40. The number of nitrogens with zero attached hydrogens (tertiary/aromatic N) is 1. The van der Waals surface area contributed by atoms with Crippen LogP contribution in [0.3, 0.4) is 0 Å². The van der Waals surface area contributed by atoms with Crippen LogP contribution in [0.15, 0.2) is 24.3 Å². The van der Waals surface area contributed by atoms with Gasteiger partial charge in [-0.25, -0.2) is 0 Å². The fourth-order valence-electron chi connectivity index (χ4n) is 2.72. The van der Waals surface area contributed by atoms with Gasteiger partial charge in [0.25, 0.3) is 0 Å². The number of benzene rings is 1. The maximum Gasteiger partial charge on any atom is 0.223 e. The first-order valence-corrected chi connectivity index (χ1v) is 6.77. The topological polar surface area (TPSA) is 20.3 Å². The summed E-state index contributed by atoms with van der Waals surface area (Å²) in [5, 5.41) is 0. The van der Waals surface area contributed by atoms with Gasteiger partial charge in [-0.2, -0.15) is 0 Å². The second-order valence-corrected chi connectivity index (χ2v) is 6.34. The summed E-state index contributed by atoms with van der Waals surface area (Å²) in [4.78, 5) is 14.4. The third-order valence-electron chi connectivity index (χ3n) is 3.68. The average Bonchev–Trinajstić information content (AvgIpc) is 2.25. The lowest BCUT2D eigenvalue weighted by atomic mass is 9.85. The molecular weight excluding hydrogens is 222 g/mol. The van der Waals surface area contributed by atoms with Crippen molar-refractivity contribution >= 4 is 5.91 Å². The monoisotopic (exact) mass is 245 g/mol. The van der Waals surface area contributed by atoms with E-state index in [1.807, 2.05) is 0 Å². The van der Waals surface area contributed by atoms with Crippen LogP contribution in [0, 0.1) is 5.92 Å². The highest BCUT2D eigenvalue weighted by molar-refractivity contribution is 5.77. The van der Waals surface area contributed by atoms with Crippen LogP contribution in [-0.2, 0) is 17.8 Å². The fourth-order valence-corrected chi connectivity index (χ4v) is 2.72. The number of hydrogen-bond acceptors (Lipinski definition) is 1. The largest absolute Gasteiger partial charge is 0.333 e. The minimum Gasteiger partial charge on any atom is -0.333 e. The maximum absolute atomic E-state index is 12.4. The summed E-state index contributed by atoms with van der Waals surface area (Å²) in [5.41, 5.74) is 2.62. The highest BCUT2D eigenvalue weighted by atomic mass is 16.2. The average molecular weight is 245 g/mol. The minimum atomic E-state index is -0.0691. The van der Waals surface area contributed by atoms with Crippen LogP contribution in [0.2, 0.25) is 0 Å². The maximum atomic E-state index is 12.4. The van der Waals surface area contributed by atoms with Gasteiger partial charge in [-0.05, 0) is 37.3 Å². The summed E-state index contributed by atoms with van der Waals surface area (Å²) < 4.78 is 0. The van der Waals surface area contributed by atoms with Crippen molar-refractivity contribution in [2.24, 2.45) is 5.92 Å². The number of rotatable bonds is 2. The van der Waals surface area contributed by atoms with Gasteiger partial charge in [0.05, 0.1) is 0 Å². The van der Waals surface area contributed by atoms with Crippen LogP contribution >= 0.6 is 0 Å². The first-order valence-electron chi connectivity index (χ1n) is 6.77. The van der Waals surface area contributed by atoms with Crippen LogP contribution in [0.1, 0.15) is 45.2 Å². The van der Waals surface area contributed by atoms with E-state index in [1.54, 1.807) is 0 Å². The van der Waals surface area contributed by atoms with Crippen LogP contribution in [0.4, 0.5) is 0 Å². The lowest BCUT2D eigenvalue weighted by Crippen LogP contribution is -2.51. The van der Waals surface area contributed by atoms with Crippen molar-refractivity contribution < 1.29 is 4.79 Å². The molecule has 1 amide bonds. The van der Waals surface area contributed by atoms with Gasteiger partial charge >= 0.3 is 0 Å². The van der Waals surface area contributed by atoms with E-state index in [2.05, 4.69) is 56.9 Å². The highest BCUT2D eigenvalue weighted by Crippen LogP contribution is 2.31. The Morgan fingerprint density at radius 3 is 2.50 bits per heavy atom. The van der Waals surface area contributed by atoms with Crippen molar-refractivity contribution in [3.05, 3.63) is 35.4 Å². The lowest BCUT2D eigenvalue weighted by molar-refractivity contribution is -0.138. The Morgan fingerprint density at radius 1 is 1.28 bits per heavy atom. The Balaban J connectivity index is 2.25. The van der Waals surface area contributed by atoms with E-state index in [4.69, 9.17) is 0 Å². The third-order valence-corrected chi connectivity index (χ3v) is 3.68. The molecule has 0 unspecified atom stereocenters. The number of amides is 1. The van der Waals surface area contributed by atoms with Crippen LogP contribution in [0.25, 0.3) is 0 Å². The second-order valence-electron chi connectivity index (χ2n) is 6.34. The normalized spacial score (nSPS) is 17.7. The van der Waals surface area contributed by atoms with Crippen molar-refractivity contribution in [2.75, 3.05) is 0 Å². The smallest absolute Gasteiger partial charge is 0.223 e. The quantitative estimate of drug-likeness (QED) is 0.782. The SMILES string of the molecule is CC(C)CC(=O)N1Cc2ccccc2CC1(C)C. The van der Waals surface area contributed by atoms with Crippen molar-refractivity contribution in [1.29, 1.82) is 0 Å². The summed E-state index contributed by atoms with van der Waals surface area (Å²) in [5.74, 6) is 0.704. The van der Waals surface area contributed by atoms with Gasteiger partial charge in [0, 0.05) is 18.5 Å². The molecule has 1 aliphatic heterocycles. The number of fused-ring (bicyclic) bond motifs is 1. The molecule has 0 aromatic heterocycles. The van der Waals surface area contributed by atoms with Gasteiger partial charge in [0.1, 0.15) is 0 Å². The summed E-state index contributed by atoms with van der Waals surface area (Å²) >= 11 is 0. The Hall–Kier alpha value is -1.31. The fraction of sp³-hybridized carbons (Fsp3) is 0.562. The first-order chi connectivity index (χ1) is 8.40. The molecule has 0 aliphatic carbocycles. The van der Waals surface area contributed by atoms with Gasteiger partial charge in [-0.1, -0.05) is 38.1 Å². The molecule has 0 saturated carbocycles. The molecule has 1 aromatic rings. The van der Waals surface area contributed by atoms with E-state index in [1.165, 1.54) is 11.1 Å². The zero-order valence-electron chi connectivity index (χ0n) is 11.9. The molecule has 0 bridgehead atoms. The van der Waals surface area contributed by atoms with Crippen LogP contribution < -0.4 is 0 Å². The van der Waals surface area contributed by atoms with Gasteiger partial charge in [-0.15, -0.1) is 0 Å². The van der Waals surface area contributed by atoms with Crippen molar-refractivity contribution in [1.82, 2.24) is 4.90 Å². The zero-order chi connectivity index (χ0) is 13.3. The summed E-state index contributed by atoms with van der Waals surface area (Å²) in [6.07, 6.45) is 1.60. The number of carbonyl (C=O) groups is 1. The van der Waals surface area contributed by atoms with Crippen LogP contribution in [0.5, 0.6) is 0 Å². The number of carbonyl (C=O) groups excluding carboxylic acids is 1. The highest BCUT2D eigenvalue weighted by Gasteiger charge is 2.35. The van der Waals surface area contributed by atoms with E-state index in [9.17, 15) is 4.79 Å². The summed E-state index contributed by atoms with van der Waals surface area (Å²) in [7, 11) is 0. The minimum absolute atomic E-state index is 0.0691. The molecule has 2 rings (SSSR count). The summed E-state index contributed by atoms with van der Waals surface area (Å²) in [6, 6.07) is 8.46. The molecule has 0 saturated heterocycles. The molecular formula is C16H23NO. The van der Waals surface area contributed by atoms with Crippen molar-refractivity contribution in [2.45, 2.75) is 52.6 Å². The molecule has 98 valence electrons. The Morgan fingerprint density at radius 2 is 1.89 bits per heavy atom. The Kier molecular flexibility index (Phi) is 3.47. The Bertz CT molecular complexity index is 448.